The third kappa shape index (κ3) is 4.18. The second kappa shape index (κ2) is 5.94. The first-order valence-electron chi connectivity index (χ1n) is 4.52. The number of nitrogens with one attached hydrogen (secondary N) is 1. The fraction of sp³-hybridized carbons (Fsp3) is 0.222. The van der Waals surface area contributed by atoms with Crippen LogP contribution in [0.1, 0.15) is 10.4 Å². The molecule has 0 radical (unpaired) electrons. The first-order valence-corrected chi connectivity index (χ1v) is 7.62. The molecule has 0 spiro atoms. The second-order valence-electron chi connectivity index (χ2n) is 3.18. The summed E-state index contributed by atoms with van der Waals surface area (Å²) in [7, 11) is 1.14. The Kier molecular flexibility index (Phi) is 5.06. The molecule has 18 heavy (non-hydrogen) atoms. The molecule has 0 saturated heterocycles. The molecule has 0 aliphatic rings. The Balaban J connectivity index is 3.05. The van der Waals surface area contributed by atoms with Gasteiger partial charge in [-0.1, -0.05) is 0 Å². The van der Waals surface area contributed by atoms with E-state index in [-0.39, 0.29) is 14.9 Å². The van der Waals surface area contributed by atoms with Crippen LogP contribution >= 0.6 is 26.6 Å². The Labute approximate surface area is 115 Å². The minimum atomic E-state index is -3.98. The highest BCUT2D eigenvalue weighted by molar-refractivity contribution is 9.10. The van der Waals surface area contributed by atoms with Crippen molar-refractivity contribution in [3.05, 3.63) is 28.2 Å². The molecule has 0 unspecified atom stereocenters. The molecule has 0 aromatic heterocycles. The first-order chi connectivity index (χ1) is 8.21. The predicted octanol–water partition coefficient (Wildman–Crippen LogP) is 2.37. The molecule has 0 fully saturated rings. The van der Waals surface area contributed by atoms with Crippen LogP contribution in [-0.2, 0) is 9.05 Å². The minimum absolute atomic E-state index is 0.0858. The van der Waals surface area contributed by atoms with Crippen molar-refractivity contribution in [2.24, 2.45) is 0 Å². The Morgan fingerprint density at radius 2 is 2.06 bits per heavy atom. The molecule has 0 aliphatic carbocycles. The second-order valence-corrected chi connectivity index (χ2v) is 6.60. The number of benzene rings is 1. The van der Waals surface area contributed by atoms with Gasteiger partial charge < -0.3 is 5.32 Å². The fourth-order valence-electron chi connectivity index (χ4n) is 1.10. The summed E-state index contributed by atoms with van der Waals surface area (Å²) in [6.45, 7) is -0.816. The van der Waals surface area contributed by atoms with Gasteiger partial charge in [-0.2, -0.15) is 0 Å². The lowest BCUT2D eigenvalue weighted by Gasteiger charge is -2.07. The molecular formula is C9H7BrClF2NO3S. The van der Waals surface area contributed by atoms with Crippen LogP contribution in [0.4, 0.5) is 8.78 Å². The SMILES string of the molecule is O=C(NCC(F)F)c1cc(S(=O)(=O)Cl)ccc1Br. The van der Waals surface area contributed by atoms with E-state index in [1.807, 2.05) is 5.32 Å². The van der Waals surface area contributed by atoms with Gasteiger partial charge in [-0.25, -0.2) is 17.2 Å². The van der Waals surface area contributed by atoms with Crippen molar-refractivity contribution in [1.29, 1.82) is 0 Å². The summed E-state index contributed by atoms with van der Waals surface area (Å²) in [6.07, 6.45) is -2.69. The maximum absolute atomic E-state index is 11.9. The van der Waals surface area contributed by atoms with Crippen molar-refractivity contribution in [1.82, 2.24) is 5.32 Å². The van der Waals surface area contributed by atoms with Crippen LogP contribution in [0.15, 0.2) is 27.6 Å². The number of carbonyl (C=O) groups excluding carboxylic acids is 1. The van der Waals surface area contributed by atoms with E-state index in [1.165, 1.54) is 12.1 Å². The van der Waals surface area contributed by atoms with Crippen molar-refractivity contribution >= 4 is 41.6 Å². The van der Waals surface area contributed by atoms with Gasteiger partial charge in [-0.05, 0) is 34.1 Å². The molecule has 0 bridgehead atoms. The van der Waals surface area contributed by atoms with E-state index in [4.69, 9.17) is 10.7 Å². The Morgan fingerprint density at radius 1 is 1.44 bits per heavy atom. The third-order valence-corrected chi connectivity index (χ3v) is 3.92. The number of hydrogen-bond donors (Lipinski definition) is 1. The maximum Gasteiger partial charge on any atom is 0.261 e. The van der Waals surface area contributed by atoms with Crippen LogP contribution in [0, 0.1) is 0 Å². The molecule has 1 amide bonds. The Bertz CT molecular complexity index is 565. The van der Waals surface area contributed by atoms with Crippen molar-refractivity contribution < 1.29 is 22.0 Å². The highest BCUT2D eigenvalue weighted by Crippen LogP contribution is 2.23. The third-order valence-electron chi connectivity index (χ3n) is 1.88. The van der Waals surface area contributed by atoms with Crippen molar-refractivity contribution in [3.8, 4) is 0 Å². The van der Waals surface area contributed by atoms with Crippen LogP contribution < -0.4 is 5.32 Å². The summed E-state index contributed by atoms with van der Waals surface area (Å²) in [5.41, 5.74) is -0.0858. The van der Waals surface area contributed by atoms with E-state index in [9.17, 15) is 22.0 Å². The molecule has 1 N–H and O–H groups in total. The first kappa shape index (κ1) is 15.3. The van der Waals surface area contributed by atoms with Gasteiger partial charge in [0.25, 0.3) is 21.4 Å². The predicted molar refractivity (Wildman–Crippen MR) is 65.5 cm³/mol. The zero-order valence-electron chi connectivity index (χ0n) is 8.66. The highest BCUT2D eigenvalue weighted by Gasteiger charge is 2.17. The molecule has 4 nitrogen and oxygen atoms in total. The van der Waals surface area contributed by atoms with Gasteiger partial charge in [0, 0.05) is 15.2 Å². The van der Waals surface area contributed by atoms with E-state index >= 15 is 0 Å². The number of carbonyl (C=O) groups is 1. The molecule has 1 aromatic rings. The van der Waals surface area contributed by atoms with Crippen LogP contribution in [0.5, 0.6) is 0 Å². The lowest BCUT2D eigenvalue weighted by Crippen LogP contribution is -2.28. The lowest BCUT2D eigenvalue weighted by molar-refractivity contribution is 0.0891. The van der Waals surface area contributed by atoms with E-state index in [0.29, 0.717) is 0 Å². The monoisotopic (exact) mass is 361 g/mol. The summed E-state index contributed by atoms with van der Waals surface area (Å²) in [5, 5.41) is 1.96. The van der Waals surface area contributed by atoms with Gasteiger partial charge in [0.15, 0.2) is 0 Å². The van der Waals surface area contributed by atoms with E-state index in [0.717, 1.165) is 6.07 Å². The van der Waals surface area contributed by atoms with E-state index in [1.54, 1.807) is 0 Å². The van der Waals surface area contributed by atoms with Crippen LogP contribution in [0.25, 0.3) is 0 Å². The topological polar surface area (TPSA) is 63.2 Å². The Morgan fingerprint density at radius 3 is 2.56 bits per heavy atom. The number of halogens is 4. The molecule has 0 atom stereocenters. The van der Waals surface area contributed by atoms with Gasteiger partial charge in [0.05, 0.1) is 17.0 Å². The van der Waals surface area contributed by atoms with Gasteiger partial charge in [0.2, 0.25) is 0 Å². The zero-order chi connectivity index (χ0) is 13.9. The van der Waals surface area contributed by atoms with Crippen LogP contribution in [-0.4, -0.2) is 27.3 Å². The quantitative estimate of drug-likeness (QED) is 0.837. The Hall–Kier alpha value is -0.730. The van der Waals surface area contributed by atoms with Gasteiger partial charge >= 0.3 is 0 Å². The minimum Gasteiger partial charge on any atom is -0.346 e. The van der Waals surface area contributed by atoms with Crippen molar-refractivity contribution in [3.63, 3.8) is 0 Å². The van der Waals surface area contributed by atoms with Gasteiger partial charge in [0.1, 0.15) is 0 Å². The lowest BCUT2D eigenvalue weighted by atomic mass is 10.2. The number of amides is 1. The average molecular weight is 363 g/mol. The van der Waals surface area contributed by atoms with Gasteiger partial charge in [-0.15, -0.1) is 0 Å². The van der Waals surface area contributed by atoms with Gasteiger partial charge in [-0.3, -0.25) is 4.79 Å². The normalized spacial score (nSPS) is 11.6. The summed E-state index contributed by atoms with van der Waals surface area (Å²) in [5.74, 6) is -0.815. The van der Waals surface area contributed by atoms with Crippen LogP contribution in [0.3, 0.4) is 0 Å². The van der Waals surface area contributed by atoms with Crippen LogP contribution in [0.2, 0.25) is 0 Å². The molecular weight excluding hydrogens is 356 g/mol. The number of hydrogen-bond acceptors (Lipinski definition) is 3. The summed E-state index contributed by atoms with van der Waals surface area (Å²) < 4.78 is 46.3. The largest absolute Gasteiger partial charge is 0.346 e. The maximum atomic E-state index is 11.9. The number of rotatable bonds is 4. The van der Waals surface area contributed by atoms with E-state index in [2.05, 4.69) is 15.9 Å². The molecule has 1 aromatic carbocycles. The number of alkyl halides is 2. The summed E-state index contributed by atoms with van der Waals surface area (Å²) in [6, 6.07) is 3.50. The van der Waals surface area contributed by atoms with Crippen molar-refractivity contribution in [2.45, 2.75) is 11.3 Å². The smallest absolute Gasteiger partial charge is 0.261 e. The average Bonchev–Trinajstić information content (AvgIpc) is 2.24. The molecule has 0 aliphatic heterocycles. The fourth-order valence-corrected chi connectivity index (χ4v) is 2.30. The summed E-state index contributed by atoms with van der Waals surface area (Å²) in [4.78, 5) is 11.3. The molecule has 0 saturated carbocycles. The molecule has 9 heteroatoms. The zero-order valence-corrected chi connectivity index (χ0v) is 11.8. The van der Waals surface area contributed by atoms with Crippen molar-refractivity contribution in [2.75, 3.05) is 6.54 Å². The molecule has 100 valence electrons. The standard InChI is InChI=1S/C9H7BrClF2NO3S/c10-7-2-1-5(18(11,16)17)3-6(7)9(15)14-4-8(12)13/h1-3,8H,4H2,(H,14,15). The highest BCUT2D eigenvalue weighted by atomic mass is 79.9. The summed E-state index contributed by atoms with van der Waals surface area (Å²) >= 11 is 3.02. The molecule has 0 heterocycles. The van der Waals surface area contributed by atoms with E-state index < -0.39 is 27.9 Å². The molecule has 1 rings (SSSR count).